The van der Waals surface area contributed by atoms with Gasteiger partial charge < -0.3 is 10.3 Å². The molecule has 0 aliphatic carbocycles. The Morgan fingerprint density at radius 2 is 2.10 bits per heavy atom. The summed E-state index contributed by atoms with van der Waals surface area (Å²) in [7, 11) is 0. The molecule has 21 heavy (non-hydrogen) atoms. The van der Waals surface area contributed by atoms with Crippen molar-refractivity contribution in [3.05, 3.63) is 53.4 Å². The summed E-state index contributed by atoms with van der Waals surface area (Å²) in [6.45, 7) is 3.82. The standard InChI is InChI=1S/C16H20FN3O/c1-11-10-18-16(19-11)12(2)20-15(21)5-3-4-13-6-8-14(17)9-7-13/h6-10,12H,3-5H2,1-2H3,(H,18,19)(H,20,21)/t12-/m0/s1. The molecule has 0 saturated carbocycles. The number of imidazole rings is 1. The Morgan fingerprint density at radius 3 is 2.71 bits per heavy atom. The van der Waals surface area contributed by atoms with Crippen LogP contribution < -0.4 is 5.32 Å². The number of hydrogen-bond acceptors (Lipinski definition) is 2. The number of nitrogens with one attached hydrogen (secondary N) is 2. The molecular formula is C16H20FN3O. The number of aromatic amines is 1. The van der Waals surface area contributed by atoms with Crippen LogP contribution in [0.5, 0.6) is 0 Å². The van der Waals surface area contributed by atoms with Crippen LogP contribution >= 0.6 is 0 Å². The highest BCUT2D eigenvalue weighted by molar-refractivity contribution is 5.76. The van der Waals surface area contributed by atoms with E-state index in [0.717, 1.165) is 29.9 Å². The zero-order valence-electron chi connectivity index (χ0n) is 12.3. The van der Waals surface area contributed by atoms with Crippen molar-refractivity contribution in [3.8, 4) is 0 Å². The highest BCUT2D eigenvalue weighted by atomic mass is 19.1. The third kappa shape index (κ3) is 4.70. The molecule has 2 aromatic rings. The molecule has 2 rings (SSSR count). The zero-order valence-corrected chi connectivity index (χ0v) is 12.3. The molecule has 1 aromatic heterocycles. The van der Waals surface area contributed by atoms with Crippen LogP contribution in [0.3, 0.4) is 0 Å². The predicted molar refractivity (Wildman–Crippen MR) is 79.2 cm³/mol. The minimum absolute atomic E-state index is 0.00124. The third-order valence-corrected chi connectivity index (χ3v) is 3.29. The number of carbonyl (C=O) groups excluding carboxylic acids is 1. The third-order valence-electron chi connectivity index (χ3n) is 3.29. The van der Waals surface area contributed by atoms with Gasteiger partial charge in [0.15, 0.2) is 0 Å². The lowest BCUT2D eigenvalue weighted by molar-refractivity contribution is -0.121. The first-order valence-corrected chi connectivity index (χ1v) is 7.10. The number of benzene rings is 1. The van der Waals surface area contributed by atoms with Gasteiger partial charge >= 0.3 is 0 Å². The van der Waals surface area contributed by atoms with Crippen molar-refractivity contribution in [2.45, 2.75) is 39.2 Å². The van der Waals surface area contributed by atoms with E-state index in [0.29, 0.717) is 6.42 Å². The number of aromatic nitrogens is 2. The summed E-state index contributed by atoms with van der Waals surface area (Å²) >= 11 is 0. The average molecular weight is 289 g/mol. The van der Waals surface area contributed by atoms with E-state index in [4.69, 9.17) is 0 Å². The van der Waals surface area contributed by atoms with Crippen molar-refractivity contribution >= 4 is 5.91 Å². The van der Waals surface area contributed by atoms with Gasteiger partial charge in [0.25, 0.3) is 0 Å². The molecule has 0 radical (unpaired) electrons. The summed E-state index contributed by atoms with van der Waals surface area (Å²) < 4.78 is 12.8. The second-order valence-corrected chi connectivity index (χ2v) is 5.22. The maximum absolute atomic E-state index is 12.8. The van der Waals surface area contributed by atoms with Crippen LogP contribution in [-0.4, -0.2) is 15.9 Å². The van der Waals surface area contributed by atoms with Crippen molar-refractivity contribution < 1.29 is 9.18 Å². The maximum Gasteiger partial charge on any atom is 0.220 e. The summed E-state index contributed by atoms with van der Waals surface area (Å²) in [5.74, 6) is 0.525. The number of amides is 1. The van der Waals surface area contributed by atoms with Crippen LogP contribution in [0.1, 0.15) is 42.9 Å². The van der Waals surface area contributed by atoms with E-state index in [2.05, 4.69) is 15.3 Å². The van der Waals surface area contributed by atoms with Crippen molar-refractivity contribution in [2.75, 3.05) is 0 Å². The Balaban J connectivity index is 1.73. The Kier molecular flexibility index (Phi) is 5.09. The van der Waals surface area contributed by atoms with Crippen molar-refractivity contribution in [1.82, 2.24) is 15.3 Å². The monoisotopic (exact) mass is 289 g/mol. The topological polar surface area (TPSA) is 57.8 Å². The van der Waals surface area contributed by atoms with E-state index in [1.165, 1.54) is 12.1 Å². The minimum atomic E-state index is -0.237. The summed E-state index contributed by atoms with van der Waals surface area (Å²) in [6, 6.07) is 6.26. The summed E-state index contributed by atoms with van der Waals surface area (Å²) in [5.41, 5.74) is 2.02. The van der Waals surface area contributed by atoms with E-state index >= 15 is 0 Å². The van der Waals surface area contributed by atoms with E-state index in [-0.39, 0.29) is 17.8 Å². The van der Waals surface area contributed by atoms with Gasteiger partial charge in [0.1, 0.15) is 11.6 Å². The summed E-state index contributed by atoms with van der Waals surface area (Å²) in [6.07, 6.45) is 3.69. The van der Waals surface area contributed by atoms with Gasteiger partial charge in [-0.3, -0.25) is 4.79 Å². The molecule has 0 unspecified atom stereocenters. The van der Waals surface area contributed by atoms with Crippen LogP contribution in [0, 0.1) is 12.7 Å². The predicted octanol–water partition coefficient (Wildman–Crippen LogP) is 3.06. The highest BCUT2D eigenvalue weighted by Gasteiger charge is 2.11. The fourth-order valence-electron chi connectivity index (χ4n) is 2.14. The molecule has 1 amide bonds. The van der Waals surface area contributed by atoms with Crippen molar-refractivity contribution in [3.63, 3.8) is 0 Å². The molecule has 1 atom stereocenters. The van der Waals surface area contributed by atoms with Gasteiger partial charge in [-0.05, 0) is 44.4 Å². The minimum Gasteiger partial charge on any atom is -0.346 e. The Hall–Kier alpha value is -2.17. The summed E-state index contributed by atoms with van der Waals surface area (Å²) in [5, 5.41) is 2.91. The molecule has 0 saturated heterocycles. The Labute approximate surface area is 123 Å². The van der Waals surface area contributed by atoms with E-state index in [1.807, 2.05) is 13.8 Å². The van der Waals surface area contributed by atoms with Gasteiger partial charge in [-0.1, -0.05) is 12.1 Å². The van der Waals surface area contributed by atoms with Gasteiger partial charge in [-0.25, -0.2) is 9.37 Å². The zero-order chi connectivity index (χ0) is 15.2. The SMILES string of the molecule is Cc1cnc([C@H](C)NC(=O)CCCc2ccc(F)cc2)[nH]1. The van der Waals surface area contributed by atoms with Crippen LogP contribution in [0.25, 0.3) is 0 Å². The molecule has 4 nitrogen and oxygen atoms in total. The first-order valence-electron chi connectivity index (χ1n) is 7.10. The first-order chi connectivity index (χ1) is 10.0. The van der Waals surface area contributed by atoms with E-state index < -0.39 is 0 Å². The van der Waals surface area contributed by atoms with Gasteiger partial charge in [-0.15, -0.1) is 0 Å². The number of hydrogen-bond donors (Lipinski definition) is 2. The first kappa shape index (κ1) is 15.2. The number of nitrogens with zero attached hydrogens (tertiary/aromatic N) is 1. The molecule has 5 heteroatoms. The van der Waals surface area contributed by atoms with E-state index in [1.54, 1.807) is 18.3 Å². The lowest BCUT2D eigenvalue weighted by atomic mass is 10.1. The quantitative estimate of drug-likeness (QED) is 0.858. The molecule has 2 N–H and O–H groups in total. The average Bonchev–Trinajstić information content (AvgIpc) is 2.88. The molecule has 0 fully saturated rings. The number of halogens is 1. The van der Waals surface area contributed by atoms with Crippen molar-refractivity contribution in [2.24, 2.45) is 0 Å². The summed E-state index contributed by atoms with van der Waals surface area (Å²) in [4.78, 5) is 19.2. The molecule has 0 spiro atoms. The Bertz CT molecular complexity index is 592. The lowest BCUT2D eigenvalue weighted by Gasteiger charge is -2.11. The normalized spacial score (nSPS) is 12.1. The van der Waals surface area contributed by atoms with Gasteiger partial charge in [-0.2, -0.15) is 0 Å². The molecule has 1 aromatic carbocycles. The molecular weight excluding hydrogens is 269 g/mol. The van der Waals surface area contributed by atoms with Crippen LogP contribution in [-0.2, 0) is 11.2 Å². The fraction of sp³-hybridized carbons (Fsp3) is 0.375. The molecule has 112 valence electrons. The maximum atomic E-state index is 12.8. The number of aryl methyl sites for hydroxylation is 2. The van der Waals surface area contributed by atoms with Gasteiger partial charge in [0.2, 0.25) is 5.91 Å². The molecule has 0 aliphatic heterocycles. The van der Waals surface area contributed by atoms with E-state index in [9.17, 15) is 9.18 Å². The lowest BCUT2D eigenvalue weighted by Crippen LogP contribution is -2.27. The Morgan fingerprint density at radius 1 is 1.38 bits per heavy atom. The highest BCUT2D eigenvalue weighted by Crippen LogP contribution is 2.10. The fourth-order valence-corrected chi connectivity index (χ4v) is 2.14. The second kappa shape index (κ2) is 7.02. The molecule has 1 heterocycles. The largest absolute Gasteiger partial charge is 0.346 e. The number of carbonyl (C=O) groups is 1. The van der Waals surface area contributed by atoms with Crippen LogP contribution in [0.2, 0.25) is 0 Å². The number of H-pyrrole nitrogens is 1. The molecule has 0 aliphatic rings. The molecule has 0 bridgehead atoms. The van der Waals surface area contributed by atoms with Crippen LogP contribution in [0.4, 0.5) is 4.39 Å². The second-order valence-electron chi connectivity index (χ2n) is 5.22. The van der Waals surface area contributed by atoms with Gasteiger partial charge in [0.05, 0.1) is 6.04 Å². The van der Waals surface area contributed by atoms with Crippen molar-refractivity contribution in [1.29, 1.82) is 0 Å². The van der Waals surface area contributed by atoms with Crippen LogP contribution in [0.15, 0.2) is 30.5 Å². The van der Waals surface area contributed by atoms with Gasteiger partial charge in [0, 0.05) is 18.3 Å². The smallest absolute Gasteiger partial charge is 0.220 e. The number of rotatable bonds is 6.